The second-order valence-electron chi connectivity index (χ2n) is 5.06. The Labute approximate surface area is 109 Å². The molecule has 0 radical (unpaired) electrons. The van der Waals surface area contributed by atoms with Gasteiger partial charge in [0.15, 0.2) is 0 Å². The molecule has 0 aliphatic carbocycles. The molecule has 4 heteroatoms. The Hall–Kier alpha value is -0.640. The summed E-state index contributed by atoms with van der Waals surface area (Å²) < 4.78 is 0. The maximum absolute atomic E-state index is 6.15. The Morgan fingerprint density at radius 3 is 2.59 bits per heavy atom. The first-order valence-electron chi connectivity index (χ1n) is 5.82. The van der Waals surface area contributed by atoms with Crippen LogP contribution in [0, 0.1) is 0 Å². The second kappa shape index (κ2) is 5.80. The number of nitrogens with one attached hydrogen (secondary N) is 1. The summed E-state index contributed by atoms with van der Waals surface area (Å²) in [6.45, 7) is 4.45. The molecule has 1 N–H and O–H groups in total. The lowest BCUT2D eigenvalue weighted by Gasteiger charge is -2.40. The van der Waals surface area contributed by atoms with Crippen LogP contribution in [0.3, 0.4) is 0 Å². The molecule has 17 heavy (non-hydrogen) atoms. The van der Waals surface area contributed by atoms with Gasteiger partial charge >= 0.3 is 0 Å². The lowest BCUT2D eigenvalue weighted by atomic mass is 9.88. The lowest BCUT2D eigenvalue weighted by molar-refractivity contribution is 0.141. The van der Waals surface area contributed by atoms with E-state index in [2.05, 4.69) is 43.1 Å². The Morgan fingerprint density at radius 1 is 1.47 bits per heavy atom. The molecule has 0 saturated carbocycles. The van der Waals surface area contributed by atoms with Gasteiger partial charge in [-0.05, 0) is 53.0 Å². The molecular formula is C13H22ClN3. The molecule has 1 atom stereocenters. The highest BCUT2D eigenvalue weighted by atomic mass is 35.5. The Bertz CT molecular complexity index is 363. The number of halogens is 1. The summed E-state index contributed by atoms with van der Waals surface area (Å²) in [7, 11) is 6.18. The van der Waals surface area contributed by atoms with Crippen molar-refractivity contribution >= 4 is 11.6 Å². The highest BCUT2D eigenvalue weighted by molar-refractivity contribution is 6.31. The van der Waals surface area contributed by atoms with E-state index in [1.807, 2.05) is 13.1 Å². The average Bonchev–Trinajstić information content (AvgIpc) is 2.27. The first-order valence-corrected chi connectivity index (χ1v) is 6.20. The van der Waals surface area contributed by atoms with Crippen LogP contribution >= 0.6 is 11.6 Å². The van der Waals surface area contributed by atoms with E-state index in [1.165, 1.54) is 0 Å². The molecule has 1 rings (SSSR count). The predicted molar refractivity (Wildman–Crippen MR) is 73.6 cm³/mol. The molecule has 0 saturated heterocycles. The van der Waals surface area contributed by atoms with Crippen LogP contribution in [0.15, 0.2) is 18.5 Å². The summed E-state index contributed by atoms with van der Waals surface area (Å²) >= 11 is 6.15. The van der Waals surface area contributed by atoms with Gasteiger partial charge in [-0.2, -0.15) is 0 Å². The highest BCUT2D eigenvalue weighted by Crippen LogP contribution is 2.22. The third kappa shape index (κ3) is 3.41. The molecule has 96 valence electrons. The van der Waals surface area contributed by atoms with Gasteiger partial charge in [-0.3, -0.25) is 4.98 Å². The van der Waals surface area contributed by atoms with Crippen molar-refractivity contribution in [3.05, 3.63) is 29.0 Å². The van der Waals surface area contributed by atoms with Crippen LogP contribution in [0.4, 0.5) is 0 Å². The van der Waals surface area contributed by atoms with Gasteiger partial charge in [-0.15, -0.1) is 0 Å². The van der Waals surface area contributed by atoms with E-state index < -0.39 is 0 Å². The zero-order chi connectivity index (χ0) is 13.1. The van der Waals surface area contributed by atoms with Crippen molar-refractivity contribution in [2.24, 2.45) is 0 Å². The zero-order valence-corrected chi connectivity index (χ0v) is 12.0. The van der Waals surface area contributed by atoms with Crippen molar-refractivity contribution in [2.75, 3.05) is 21.1 Å². The quantitative estimate of drug-likeness (QED) is 0.875. The van der Waals surface area contributed by atoms with Crippen LogP contribution in [0.25, 0.3) is 0 Å². The number of aromatic nitrogens is 1. The molecule has 1 unspecified atom stereocenters. The van der Waals surface area contributed by atoms with E-state index in [4.69, 9.17) is 11.6 Å². The Balaban J connectivity index is 2.88. The maximum Gasteiger partial charge on any atom is 0.0621 e. The van der Waals surface area contributed by atoms with E-state index in [0.29, 0.717) is 6.04 Å². The molecule has 0 fully saturated rings. The smallest absolute Gasteiger partial charge is 0.0621 e. The molecule has 0 spiro atoms. The predicted octanol–water partition coefficient (Wildman–Crippen LogP) is 2.21. The van der Waals surface area contributed by atoms with Crippen molar-refractivity contribution < 1.29 is 0 Å². The molecule has 0 aliphatic rings. The molecule has 1 aromatic rings. The number of rotatable bonds is 5. The molecule has 1 aromatic heterocycles. The molecule has 0 amide bonds. The van der Waals surface area contributed by atoms with Crippen molar-refractivity contribution in [1.29, 1.82) is 0 Å². The first kappa shape index (κ1) is 14.4. The average molecular weight is 256 g/mol. The number of hydrogen-bond acceptors (Lipinski definition) is 3. The summed E-state index contributed by atoms with van der Waals surface area (Å²) in [6.07, 6.45) is 4.38. The number of hydrogen-bond donors (Lipinski definition) is 1. The summed E-state index contributed by atoms with van der Waals surface area (Å²) in [5.74, 6) is 0. The second-order valence-corrected chi connectivity index (χ2v) is 5.47. The van der Waals surface area contributed by atoms with Crippen molar-refractivity contribution in [1.82, 2.24) is 15.2 Å². The molecule has 0 aliphatic heterocycles. The van der Waals surface area contributed by atoms with Crippen molar-refractivity contribution in [2.45, 2.75) is 31.8 Å². The van der Waals surface area contributed by atoms with Gasteiger partial charge < -0.3 is 10.2 Å². The third-order valence-corrected chi connectivity index (χ3v) is 3.97. The number of pyridine rings is 1. The summed E-state index contributed by atoms with van der Waals surface area (Å²) in [5, 5.41) is 4.12. The van der Waals surface area contributed by atoms with E-state index >= 15 is 0 Å². The fraction of sp³-hybridized carbons (Fsp3) is 0.615. The van der Waals surface area contributed by atoms with Crippen LogP contribution in [0.1, 0.15) is 19.4 Å². The van der Waals surface area contributed by atoms with Gasteiger partial charge in [0.1, 0.15) is 0 Å². The Kier molecular flexibility index (Phi) is 4.92. The normalized spacial score (nSPS) is 14.1. The number of nitrogens with zero attached hydrogens (tertiary/aromatic N) is 2. The highest BCUT2D eigenvalue weighted by Gasteiger charge is 2.30. The Morgan fingerprint density at radius 2 is 2.12 bits per heavy atom. The fourth-order valence-electron chi connectivity index (χ4n) is 1.81. The topological polar surface area (TPSA) is 28.2 Å². The van der Waals surface area contributed by atoms with Gasteiger partial charge in [0.05, 0.1) is 5.02 Å². The SMILES string of the molecule is CNC(Cc1ccncc1Cl)C(C)(C)N(C)C. The minimum absolute atomic E-state index is 0.0569. The molecular weight excluding hydrogens is 234 g/mol. The maximum atomic E-state index is 6.15. The van der Waals surface area contributed by atoms with Gasteiger partial charge in [0, 0.05) is 24.0 Å². The summed E-state index contributed by atoms with van der Waals surface area (Å²) in [6, 6.07) is 2.32. The van der Waals surface area contributed by atoms with Crippen molar-refractivity contribution in [3.8, 4) is 0 Å². The molecule has 0 aromatic carbocycles. The molecule has 0 bridgehead atoms. The van der Waals surface area contributed by atoms with Crippen LogP contribution in [0.5, 0.6) is 0 Å². The lowest BCUT2D eigenvalue weighted by Crippen LogP contribution is -2.55. The van der Waals surface area contributed by atoms with E-state index in [0.717, 1.165) is 17.0 Å². The van der Waals surface area contributed by atoms with Gasteiger partial charge in [0.25, 0.3) is 0 Å². The summed E-state index contributed by atoms with van der Waals surface area (Å²) in [4.78, 5) is 6.24. The van der Waals surface area contributed by atoms with Crippen LogP contribution in [-0.2, 0) is 6.42 Å². The van der Waals surface area contributed by atoms with Crippen molar-refractivity contribution in [3.63, 3.8) is 0 Å². The zero-order valence-electron chi connectivity index (χ0n) is 11.3. The summed E-state index contributed by atoms with van der Waals surface area (Å²) in [5.41, 5.74) is 1.19. The van der Waals surface area contributed by atoms with Gasteiger partial charge in [-0.25, -0.2) is 0 Å². The first-order chi connectivity index (χ1) is 7.89. The largest absolute Gasteiger partial charge is 0.315 e. The van der Waals surface area contributed by atoms with Crippen LogP contribution in [-0.4, -0.2) is 42.6 Å². The standard InChI is InChI=1S/C13H22ClN3/c1-13(2,17(4)5)12(15-3)8-10-6-7-16-9-11(10)14/h6-7,9,12,15H,8H2,1-5H3. The van der Waals surface area contributed by atoms with Crippen LogP contribution in [0.2, 0.25) is 5.02 Å². The monoisotopic (exact) mass is 255 g/mol. The van der Waals surface area contributed by atoms with Crippen LogP contribution < -0.4 is 5.32 Å². The molecule has 3 nitrogen and oxygen atoms in total. The third-order valence-electron chi connectivity index (χ3n) is 3.63. The fourth-order valence-corrected chi connectivity index (χ4v) is 2.00. The van der Waals surface area contributed by atoms with E-state index in [9.17, 15) is 0 Å². The van der Waals surface area contributed by atoms with Gasteiger partial charge in [-0.1, -0.05) is 11.6 Å². The van der Waals surface area contributed by atoms with E-state index in [1.54, 1.807) is 12.4 Å². The van der Waals surface area contributed by atoms with Gasteiger partial charge in [0.2, 0.25) is 0 Å². The van der Waals surface area contributed by atoms with E-state index in [-0.39, 0.29) is 5.54 Å². The minimum Gasteiger partial charge on any atom is -0.315 e. The minimum atomic E-state index is 0.0569. The number of likely N-dealkylation sites (N-methyl/N-ethyl adjacent to an activating group) is 2. The molecule has 1 heterocycles.